The van der Waals surface area contributed by atoms with Crippen LogP contribution in [0.25, 0.3) is 0 Å². The van der Waals surface area contributed by atoms with Gasteiger partial charge in [-0.15, -0.1) is 0 Å². The van der Waals surface area contributed by atoms with Gasteiger partial charge in [0.2, 0.25) is 0 Å². The van der Waals surface area contributed by atoms with Crippen LogP contribution in [0.2, 0.25) is 10.0 Å². The third kappa shape index (κ3) is 4.27. The minimum Gasteiger partial charge on any atom is -0.394 e. The van der Waals surface area contributed by atoms with Gasteiger partial charge < -0.3 is 20.1 Å². The van der Waals surface area contributed by atoms with Gasteiger partial charge in [0.1, 0.15) is 29.8 Å². The van der Waals surface area contributed by atoms with Crippen LogP contribution >= 0.6 is 57.6 Å². The normalized spacial score (nSPS) is 29.8. The van der Waals surface area contributed by atoms with Gasteiger partial charge in [0.15, 0.2) is 0 Å². The summed E-state index contributed by atoms with van der Waals surface area (Å²) in [7, 11) is 0. The summed E-state index contributed by atoms with van der Waals surface area (Å²) in [5.41, 5.74) is -0.718. The maximum Gasteiger partial charge on any atom is 0.136 e. The van der Waals surface area contributed by atoms with Crippen molar-refractivity contribution in [2.45, 2.75) is 34.7 Å². The molecule has 1 aliphatic rings. The molecule has 0 spiro atoms. The van der Waals surface area contributed by atoms with E-state index in [4.69, 9.17) is 27.9 Å². The van der Waals surface area contributed by atoms with Gasteiger partial charge in [-0.25, -0.2) is 0 Å². The van der Waals surface area contributed by atoms with E-state index in [2.05, 4.69) is 27.7 Å². The molecule has 3 N–H and O–H groups in total. The summed E-state index contributed by atoms with van der Waals surface area (Å²) in [5.74, 6) is 0. The fourth-order valence-electron chi connectivity index (χ4n) is 2.64. The summed E-state index contributed by atoms with van der Waals surface area (Å²) in [4.78, 5) is 0.750. The van der Waals surface area contributed by atoms with Crippen molar-refractivity contribution in [2.75, 3.05) is 6.61 Å². The lowest BCUT2D eigenvalue weighted by Gasteiger charge is -2.42. The van der Waals surface area contributed by atoms with Crippen LogP contribution in [0.1, 0.15) is 6.04 Å². The molecule has 2 aromatic rings. The monoisotopic (exact) mass is 516 g/mol. The number of benzene rings is 1. The fourth-order valence-corrected chi connectivity index (χ4v) is 4.51. The second-order valence-corrected chi connectivity index (χ2v) is 8.76. The third-order valence-electron chi connectivity index (χ3n) is 3.87. The van der Waals surface area contributed by atoms with Crippen LogP contribution in [0.15, 0.2) is 35.5 Å². The number of ether oxygens (including phenoxy) is 1. The lowest BCUT2D eigenvalue weighted by molar-refractivity contribution is -0.178. The van der Waals surface area contributed by atoms with E-state index < -0.39 is 29.8 Å². The Morgan fingerprint density at radius 2 is 2.00 bits per heavy atom. The van der Waals surface area contributed by atoms with Crippen molar-refractivity contribution in [3.8, 4) is 0 Å². The molecule has 25 heavy (non-hydrogen) atoms. The van der Waals surface area contributed by atoms with Crippen LogP contribution in [0.3, 0.4) is 0 Å². The van der Waals surface area contributed by atoms with Crippen LogP contribution in [0.5, 0.6) is 0 Å². The number of aliphatic hydroxyl groups is 3. The lowest BCUT2D eigenvalue weighted by atomic mass is 9.97. The average Bonchev–Trinajstić information content (AvgIpc) is 2.99. The predicted octanol–water partition coefficient (Wildman–Crippen LogP) is 2.57. The van der Waals surface area contributed by atoms with Crippen molar-refractivity contribution >= 4 is 57.6 Å². The van der Waals surface area contributed by atoms with Crippen LogP contribution in [0.4, 0.5) is 0 Å². The Balaban J connectivity index is 1.86. The Bertz CT molecular complexity index is 750. The molecule has 136 valence electrons. The Hall–Kier alpha value is -0.0700. The van der Waals surface area contributed by atoms with E-state index in [9.17, 15) is 15.3 Å². The molecule has 1 saturated heterocycles. The molecule has 0 radical (unpaired) electrons. The highest BCUT2D eigenvalue weighted by atomic mass is 127. The van der Waals surface area contributed by atoms with Crippen molar-refractivity contribution in [1.29, 1.82) is 0 Å². The quantitative estimate of drug-likeness (QED) is 0.541. The molecule has 5 atom stereocenters. The number of halogens is 3. The van der Waals surface area contributed by atoms with E-state index in [1.54, 1.807) is 30.6 Å². The van der Waals surface area contributed by atoms with Crippen LogP contribution in [-0.4, -0.2) is 55.5 Å². The predicted molar refractivity (Wildman–Crippen MR) is 104 cm³/mol. The van der Waals surface area contributed by atoms with Gasteiger partial charge >= 0.3 is 0 Å². The zero-order chi connectivity index (χ0) is 18.1. The molecule has 2 heterocycles. The summed E-state index contributed by atoms with van der Waals surface area (Å²) in [6.45, 7) is -0.374. The van der Waals surface area contributed by atoms with Crippen molar-refractivity contribution in [3.05, 3.63) is 44.2 Å². The first-order valence-corrected chi connectivity index (χ1v) is 10.1. The minimum atomic E-state index is -1.10. The van der Waals surface area contributed by atoms with E-state index in [0.717, 1.165) is 8.47 Å². The number of hydrogen-bond acceptors (Lipinski definition) is 6. The lowest BCUT2D eigenvalue weighted by Crippen LogP contribution is -2.54. The molecule has 2 unspecified atom stereocenters. The maximum atomic E-state index is 10.8. The van der Waals surface area contributed by atoms with E-state index in [-0.39, 0.29) is 6.61 Å². The average molecular weight is 517 g/mol. The van der Waals surface area contributed by atoms with Crippen molar-refractivity contribution in [1.82, 2.24) is 9.78 Å². The van der Waals surface area contributed by atoms with Gasteiger partial charge in [0.25, 0.3) is 0 Å². The van der Waals surface area contributed by atoms with E-state index in [1.165, 1.54) is 16.4 Å². The first kappa shape index (κ1) is 19.7. The zero-order valence-electron chi connectivity index (χ0n) is 12.7. The number of aromatic nitrogens is 2. The molecule has 0 bridgehead atoms. The molecule has 0 aliphatic carbocycles. The van der Waals surface area contributed by atoms with Crippen molar-refractivity contribution in [2.24, 2.45) is 0 Å². The molecule has 6 nitrogen and oxygen atoms in total. The van der Waals surface area contributed by atoms with Gasteiger partial charge in [0, 0.05) is 11.1 Å². The topological polar surface area (TPSA) is 87.7 Å². The largest absolute Gasteiger partial charge is 0.394 e. The molecule has 3 rings (SSSR count). The van der Waals surface area contributed by atoms with Gasteiger partial charge in [-0.05, 0) is 40.8 Å². The second-order valence-electron chi connectivity index (χ2n) is 5.53. The number of nitrogens with zero attached hydrogens (tertiary/aromatic N) is 2. The van der Waals surface area contributed by atoms with Gasteiger partial charge in [-0.2, -0.15) is 5.10 Å². The Labute approximate surface area is 172 Å². The Morgan fingerprint density at radius 3 is 2.60 bits per heavy atom. The van der Waals surface area contributed by atoms with E-state index in [0.29, 0.717) is 10.0 Å². The number of thioether (sulfide) groups is 1. The number of hydrogen-bond donors (Lipinski definition) is 3. The third-order valence-corrected chi connectivity index (χ3v) is 6.31. The van der Waals surface area contributed by atoms with Crippen LogP contribution in [-0.2, 0) is 4.74 Å². The highest BCUT2D eigenvalue weighted by Crippen LogP contribution is 2.39. The Morgan fingerprint density at radius 1 is 1.24 bits per heavy atom. The first-order valence-electron chi connectivity index (χ1n) is 7.34. The van der Waals surface area contributed by atoms with Crippen molar-refractivity contribution < 1.29 is 20.1 Å². The molecule has 1 aromatic heterocycles. The van der Waals surface area contributed by atoms with Crippen molar-refractivity contribution in [3.63, 3.8) is 0 Å². The van der Waals surface area contributed by atoms with Gasteiger partial charge in [-0.1, -0.05) is 35.0 Å². The van der Waals surface area contributed by atoms with Gasteiger partial charge in [0.05, 0.1) is 26.4 Å². The fraction of sp³-hybridized carbons (Fsp3) is 0.400. The highest BCUT2D eigenvalue weighted by Gasteiger charge is 2.46. The molecule has 10 heteroatoms. The first-order chi connectivity index (χ1) is 11.9. The number of rotatable bonds is 4. The Kier molecular flexibility index (Phi) is 6.54. The minimum absolute atomic E-state index is 0.374. The van der Waals surface area contributed by atoms with Crippen LogP contribution < -0.4 is 0 Å². The summed E-state index contributed by atoms with van der Waals surface area (Å²) in [6, 6.07) is 4.36. The van der Waals surface area contributed by atoms with Crippen LogP contribution in [0, 0.1) is 3.57 Å². The maximum absolute atomic E-state index is 10.8. The molecule has 1 aliphatic heterocycles. The molecular weight excluding hydrogens is 502 g/mol. The van der Waals surface area contributed by atoms with E-state index >= 15 is 0 Å². The summed E-state index contributed by atoms with van der Waals surface area (Å²) in [5, 5.41) is 35.8. The standard InChI is InChI=1S/C15H15Cl2IN2O4S/c16-9-2-1-8(3-10(9)17)25-15-14(23)12(13(22)11(6-21)24-15)20-5-7(18)4-19-20/h1-5,11-15,21-23H,6H2/t11?,12-,13-,14?,15+/m0/s1. The zero-order valence-corrected chi connectivity index (χ0v) is 17.2. The summed E-state index contributed by atoms with van der Waals surface area (Å²) in [6.07, 6.45) is 0.368. The van der Waals surface area contributed by atoms with E-state index in [1.807, 2.05) is 0 Å². The molecule has 0 saturated carbocycles. The number of aliphatic hydroxyl groups excluding tert-OH is 3. The summed E-state index contributed by atoms with van der Waals surface area (Å²) >= 11 is 15.3. The second kappa shape index (κ2) is 8.30. The summed E-state index contributed by atoms with van der Waals surface area (Å²) < 4.78 is 8.06. The SMILES string of the molecule is OCC1O[C@H](Sc2ccc(Cl)c(Cl)c2)C(O)[C@@H](n2cc(I)cn2)[C@H]1O. The molecule has 0 amide bonds. The molecule has 1 aromatic carbocycles. The molecule has 1 fully saturated rings. The molecular formula is C15H15Cl2IN2O4S. The van der Waals surface area contributed by atoms with Gasteiger partial charge in [-0.3, -0.25) is 4.68 Å². The smallest absolute Gasteiger partial charge is 0.136 e. The highest BCUT2D eigenvalue weighted by molar-refractivity contribution is 14.1.